The zero-order valence-electron chi connectivity index (χ0n) is 6.43. The van der Waals surface area contributed by atoms with Crippen molar-refractivity contribution >= 4 is 15.9 Å². The summed E-state index contributed by atoms with van der Waals surface area (Å²) in [5.41, 5.74) is 11.3. The molecule has 66 valence electrons. The Balaban J connectivity index is 3.04. The number of benzene rings is 1. The van der Waals surface area contributed by atoms with E-state index in [9.17, 15) is 4.39 Å². The van der Waals surface area contributed by atoms with Gasteiger partial charge in [-0.2, -0.15) is 0 Å². The Kier molecular flexibility index (Phi) is 3.20. The van der Waals surface area contributed by atoms with Gasteiger partial charge in [0.15, 0.2) is 0 Å². The van der Waals surface area contributed by atoms with Gasteiger partial charge in [-0.15, -0.1) is 0 Å². The third kappa shape index (κ3) is 2.03. The molecule has 1 unspecified atom stereocenters. The standard InChI is InChI=1S/C8H10BrFN2/c9-5-1-2-7(10)6(3-5)8(12)4-11/h1-3,8H,4,11-12H2. The second-order valence-electron chi connectivity index (χ2n) is 2.51. The molecule has 0 amide bonds. The van der Waals surface area contributed by atoms with Gasteiger partial charge >= 0.3 is 0 Å². The molecular formula is C8H10BrFN2. The number of hydrogen-bond donors (Lipinski definition) is 2. The molecular weight excluding hydrogens is 223 g/mol. The topological polar surface area (TPSA) is 52.0 Å². The van der Waals surface area contributed by atoms with E-state index in [1.807, 2.05) is 0 Å². The van der Waals surface area contributed by atoms with Crippen LogP contribution in [0.4, 0.5) is 4.39 Å². The summed E-state index contributed by atoms with van der Waals surface area (Å²) in [5.74, 6) is -0.309. The van der Waals surface area contributed by atoms with Crippen LogP contribution < -0.4 is 11.5 Å². The number of hydrogen-bond acceptors (Lipinski definition) is 2. The molecule has 0 fully saturated rings. The van der Waals surface area contributed by atoms with Crippen molar-refractivity contribution in [3.05, 3.63) is 34.1 Å². The molecule has 0 spiro atoms. The van der Waals surface area contributed by atoms with Crippen LogP contribution in [0.15, 0.2) is 22.7 Å². The summed E-state index contributed by atoms with van der Waals surface area (Å²) in [7, 11) is 0. The molecule has 0 saturated carbocycles. The van der Waals surface area contributed by atoms with Crippen molar-refractivity contribution in [1.82, 2.24) is 0 Å². The van der Waals surface area contributed by atoms with Gasteiger partial charge < -0.3 is 11.5 Å². The molecule has 0 aliphatic carbocycles. The maximum Gasteiger partial charge on any atom is 0.128 e. The average molecular weight is 233 g/mol. The lowest BCUT2D eigenvalue weighted by molar-refractivity contribution is 0.583. The van der Waals surface area contributed by atoms with E-state index < -0.39 is 6.04 Å². The smallest absolute Gasteiger partial charge is 0.128 e. The van der Waals surface area contributed by atoms with Gasteiger partial charge in [0.1, 0.15) is 5.82 Å². The van der Waals surface area contributed by atoms with Gasteiger partial charge in [-0.1, -0.05) is 15.9 Å². The van der Waals surface area contributed by atoms with Crippen LogP contribution in [-0.4, -0.2) is 6.54 Å². The zero-order chi connectivity index (χ0) is 9.14. The highest BCUT2D eigenvalue weighted by Gasteiger charge is 2.09. The normalized spacial score (nSPS) is 13.0. The molecule has 0 saturated heterocycles. The third-order valence-electron chi connectivity index (χ3n) is 1.61. The summed E-state index contributed by atoms with van der Waals surface area (Å²) in [5, 5.41) is 0. The van der Waals surface area contributed by atoms with Crippen LogP contribution in [0.1, 0.15) is 11.6 Å². The Labute approximate surface area is 78.9 Å². The van der Waals surface area contributed by atoms with Crippen molar-refractivity contribution < 1.29 is 4.39 Å². The largest absolute Gasteiger partial charge is 0.329 e. The fourth-order valence-corrected chi connectivity index (χ4v) is 1.30. The lowest BCUT2D eigenvalue weighted by Gasteiger charge is -2.10. The van der Waals surface area contributed by atoms with Gasteiger partial charge in [-0.3, -0.25) is 0 Å². The molecule has 0 aliphatic rings. The molecule has 0 aliphatic heterocycles. The first-order valence-corrected chi connectivity index (χ1v) is 4.35. The van der Waals surface area contributed by atoms with Crippen molar-refractivity contribution in [3.8, 4) is 0 Å². The van der Waals surface area contributed by atoms with Crippen LogP contribution in [0.3, 0.4) is 0 Å². The highest BCUT2D eigenvalue weighted by molar-refractivity contribution is 9.10. The summed E-state index contributed by atoms with van der Waals surface area (Å²) >= 11 is 3.23. The number of nitrogens with two attached hydrogens (primary N) is 2. The minimum atomic E-state index is -0.428. The Morgan fingerprint density at radius 1 is 1.50 bits per heavy atom. The van der Waals surface area contributed by atoms with Crippen LogP contribution in [0.2, 0.25) is 0 Å². The Morgan fingerprint density at radius 2 is 2.17 bits per heavy atom. The molecule has 1 atom stereocenters. The van der Waals surface area contributed by atoms with E-state index in [4.69, 9.17) is 11.5 Å². The highest BCUT2D eigenvalue weighted by Crippen LogP contribution is 2.19. The SMILES string of the molecule is NCC(N)c1cc(Br)ccc1F. The van der Waals surface area contributed by atoms with Crippen molar-refractivity contribution in [1.29, 1.82) is 0 Å². The van der Waals surface area contributed by atoms with Crippen molar-refractivity contribution in [2.75, 3.05) is 6.54 Å². The fraction of sp³-hybridized carbons (Fsp3) is 0.250. The summed E-state index contributed by atoms with van der Waals surface area (Å²) in [6.45, 7) is 0.243. The monoisotopic (exact) mass is 232 g/mol. The van der Waals surface area contributed by atoms with E-state index in [1.54, 1.807) is 12.1 Å². The van der Waals surface area contributed by atoms with Gasteiger partial charge in [0.05, 0.1) is 0 Å². The minimum Gasteiger partial charge on any atom is -0.329 e. The van der Waals surface area contributed by atoms with Crippen LogP contribution in [0.5, 0.6) is 0 Å². The maximum absolute atomic E-state index is 13.1. The number of halogens is 2. The molecule has 4 N–H and O–H groups in total. The van der Waals surface area contributed by atoms with E-state index in [0.29, 0.717) is 5.56 Å². The zero-order valence-corrected chi connectivity index (χ0v) is 8.01. The summed E-state index contributed by atoms with van der Waals surface area (Å²) in [4.78, 5) is 0. The Morgan fingerprint density at radius 3 is 2.75 bits per heavy atom. The maximum atomic E-state index is 13.1. The first kappa shape index (κ1) is 9.64. The van der Waals surface area contributed by atoms with Crippen molar-refractivity contribution in [2.24, 2.45) is 11.5 Å². The van der Waals surface area contributed by atoms with E-state index >= 15 is 0 Å². The van der Waals surface area contributed by atoms with Crippen molar-refractivity contribution in [3.63, 3.8) is 0 Å². The van der Waals surface area contributed by atoms with Gasteiger partial charge in [0, 0.05) is 22.6 Å². The summed E-state index contributed by atoms with van der Waals surface area (Å²) in [6.07, 6.45) is 0. The van der Waals surface area contributed by atoms with Gasteiger partial charge in [0.2, 0.25) is 0 Å². The predicted octanol–water partition coefficient (Wildman–Crippen LogP) is 1.55. The van der Waals surface area contributed by atoms with E-state index in [0.717, 1.165) is 4.47 Å². The van der Waals surface area contributed by atoms with Gasteiger partial charge in [-0.05, 0) is 18.2 Å². The molecule has 0 bridgehead atoms. The molecule has 0 radical (unpaired) electrons. The minimum absolute atomic E-state index is 0.243. The van der Waals surface area contributed by atoms with Crippen LogP contribution in [0, 0.1) is 5.82 Å². The molecule has 0 heterocycles. The second kappa shape index (κ2) is 3.98. The molecule has 2 nitrogen and oxygen atoms in total. The molecule has 12 heavy (non-hydrogen) atoms. The first-order chi connectivity index (χ1) is 5.65. The first-order valence-electron chi connectivity index (χ1n) is 3.55. The van der Waals surface area contributed by atoms with E-state index in [-0.39, 0.29) is 12.4 Å². The van der Waals surface area contributed by atoms with E-state index in [1.165, 1.54) is 6.07 Å². The molecule has 1 aromatic rings. The van der Waals surface area contributed by atoms with Crippen LogP contribution in [-0.2, 0) is 0 Å². The summed E-state index contributed by atoms with van der Waals surface area (Å²) in [6, 6.07) is 4.21. The quantitative estimate of drug-likeness (QED) is 0.814. The Bertz CT molecular complexity index is 278. The molecule has 0 aromatic heterocycles. The van der Waals surface area contributed by atoms with E-state index in [2.05, 4.69) is 15.9 Å². The molecule has 4 heteroatoms. The average Bonchev–Trinajstić information content (AvgIpc) is 2.08. The lowest BCUT2D eigenvalue weighted by atomic mass is 10.1. The fourth-order valence-electron chi connectivity index (χ4n) is 0.926. The molecule has 1 rings (SSSR count). The number of rotatable bonds is 2. The Hall–Kier alpha value is -0.450. The highest BCUT2D eigenvalue weighted by atomic mass is 79.9. The van der Waals surface area contributed by atoms with Gasteiger partial charge in [0.25, 0.3) is 0 Å². The van der Waals surface area contributed by atoms with Gasteiger partial charge in [-0.25, -0.2) is 4.39 Å². The third-order valence-corrected chi connectivity index (χ3v) is 2.10. The molecule has 1 aromatic carbocycles. The van der Waals surface area contributed by atoms with Crippen molar-refractivity contribution in [2.45, 2.75) is 6.04 Å². The van der Waals surface area contributed by atoms with Crippen LogP contribution in [0.25, 0.3) is 0 Å². The van der Waals surface area contributed by atoms with Crippen LogP contribution >= 0.6 is 15.9 Å². The second-order valence-corrected chi connectivity index (χ2v) is 3.42. The lowest BCUT2D eigenvalue weighted by Crippen LogP contribution is -2.21. The summed E-state index contributed by atoms with van der Waals surface area (Å²) < 4.78 is 13.9. The predicted molar refractivity (Wildman–Crippen MR) is 50.1 cm³/mol.